The average Bonchev–Trinajstić information content (AvgIpc) is 2.73. The molecule has 2 fully saturated rings. The molecule has 1 heterocycles. The summed E-state index contributed by atoms with van der Waals surface area (Å²) in [7, 11) is 2.17. The summed E-state index contributed by atoms with van der Waals surface area (Å²) in [6.45, 7) is 8.77. The molecule has 0 spiro atoms. The van der Waals surface area contributed by atoms with Gasteiger partial charge in [-0.1, -0.05) is 33.1 Å². The van der Waals surface area contributed by atoms with E-state index in [0.717, 1.165) is 23.8 Å². The summed E-state index contributed by atoms with van der Waals surface area (Å²) in [5.41, 5.74) is 0. The van der Waals surface area contributed by atoms with Gasteiger partial charge >= 0.3 is 0 Å². The Morgan fingerprint density at radius 1 is 1.00 bits per heavy atom. The zero-order chi connectivity index (χ0) is 15.1. The Morgan fingerprint density at radius 2 is 1.86 bits per heavy atom. The van der Waals surface area contributed by atoms with Crippen molar-refractivity contribution in [2.75, 3.05) is 26.7 Å². The van der Waals surface area contributed by atoms with Crippen LogP contribution in [0.15, 0.2) is 0 Å². The molecule has 1 aliphatic heterocycles. The predicted octanol–water partition coefficient (Wildman–Crippen LogP) is 4.30. The molecule has 0 amide bonds. The Bertz CT molecular complexity index is 279. The minimum atomic E-state index is 0.766. The van der Waals surface area contributed by atoms with Gasteiger partial charge in [-0.15, -0.1) is 0 Å². The second kappa shape index (κ2) is 9.15. The van der Waals surface area contributed by atoms with Crippen molar-refractivity contribution in [3.05, 3.63) is 0 Å². The van der Waals surface area contributed by atoms with E-state index in [9.17, 15) is 0 Å². The fourth-order valence-electron chi connectivity index (χ4n) is 4.75. The van der Waals surface area contributed by atoms with Crippen molar-refractivity contribution < 1.29 is 0 Å². The van der Waals surface area contributed by atoms with Crippen molar-refractivity contribution in [2.24, 2.45) is 17.8 Å². The maximum absolute atomic E-state index is 3.61. The third kappa shape index (κ3) is 5.25. The molecule has 124 valence electrons. The van der Waals surface area contributed by atoms with Crippen LogP contribution >= 0.6 is 0 Å². The molecular weight excluding hydrogens is 256 g/mol. The number of nitrogens with zero attached hydrogens (tertiary/aromatic N) is 1. The standard InChI is InChI=1S/C19H38N2/c1-4-7-17-8-6-12-21(13-11-17)15-18-14-16(5-2)9-10-19(18)20-3/h16-20H,4-15H2,1-3H3. The van der Waals surface area contributed by atoms with Gasteiger partial charge in [-0.3, -0.25) is 0 Å². The molecule has 4 atom stereocenters. The molecule has 0 bridgehead atoms. The lowest BCUT2D eigenvalue weighted by Gasteiger charge is -2.38. The van der Waals surface area contributed by atoms with Gasteiger partial charge in [0.05, 0.1) is 0 Å². The zero-order valence-electron chi connectivity index (χ0n) is 14.7. The van der Waals surface area contributed by atoms with Gasteiger partial charge in [-0.05, 0) is 76.4 Å². The van der Waals surface area contributed by atoms with Crippen LogP contribution in [0.5, 0.6) is 0 Å². The van der Waals surface area contributed by atoms with Crippen molar-refractivity contribution in [2.45, 2.75) is 77.7 Å². The van der Waals surface area contributed by atoms with Crippen LogP contribution in [0.25, 0.3) is 0 Å². The van der Waals surface area contributed by atoms with E-state index in [4.69, 9.17) is 0 Å². The molecule has 0 aromatic carbocycles. The molecule has 21 heavy (non-hydrogen) atoms. The van der Waals surface area contributed by atoms with Crippen molar-refractivity contribution >= 4 is 0 Å². The van der Waals surface area contributed by atoms with E-state index in [0.29, 0.717) is 0 Å². The van der Waals surface area contributed by atoms with Crippen molar-refractivity contribution in [1.82, 2.24) is 10.2 Å². The smallest absolute Gasteiger partial charge is 0.0105 e. The second-order valence-corrected chi connectivity index (χ2v) is 7.63. The van der Waals surface area contributed by atoms with Crippen LogP contribution in [-0.4, -0.2) is 37.6 Å². The van der Waals surface area contributed by atoms with E-state index >= 15 is 0 Å². The largest absolute Gasteiger partial charge is 0.317 e. The van der Waals surface area contributed by atoms with E-state index in [-0.39, 0.29) is 0 Å². The Morgan fingerprint density at radius 3 is 2.57 bits per heavy atom. The van der Waals surface area contributed by atoms with Crippen LogP contribution < -0.4 is 5.32 Å². The molecule has 2 rings (SSSR count). The Kier molecular flexibility index (Phi) is 7.53. The maximum Gasteiger partial charge on any atom is 0.0105 e. The van der Waals surface area contributed by atoms with E-state index in [2.05, 4.69) is 31.1 Å². The molecule has 2 nitrogen and oxygen atoms in total. The predicted molar refractivity (Wildman–Crippen MR) is 92.7 cm³/mol. The monoisotopic (exact) mass is 294 g/mol. The van der Waals surface area contributed by atoms with Gasteiger partial charge in [0.1, 0.15) is 0 Å². The average molecular weight is 295 g/mol. The normalized spacial score (nSPS) is 35.6. The van der Waals surface area contributed by atoms with E-state index in [1.54, 1.807) is 0 Å². The molecule has 2 heteroatoms. The first-order valence-electron chi connectivity index (χ1n) is 9.66. The van der Waals surface area contributed by atoms with Gasteiger partial charge in [0.2, 0.25) is 0 Å². The summed E-state index contributed by atoms with van der Waals surface area (Å²) >= 11 is 0. The molecule has 1 saturated heterocycles. The highest BCUT2D eigenvalue weighted by Crippen LogP contribution is 2.32. The summed E-state index contributed by atoms with van der Waals surface area (Å²) in [5, 5.41) is 3.61. The van der Waals surface area contributed by atoms with Crippen LogP contribution in [0.2, 0.25) is 0 Å². The first-order valence-corrected chi connectivity index (χ1v) is 9.66. The van der Waals surface area contributed by atoms with Gasteiger partial charge in [0, 0.05) is 12.6 Å². The molecule has 2 aliphatic rings. The van der Waals surface area contributed by atoms with E-state index < -0.39 is 0 Å². The molecule has 0 radical (unpaired) electrons. The van der Waals surface area contributed by atoms with Crippen LogP contribution in [0.3, 0.4) is 0 Å². The van der Waals surface area contributed by atoms with Crippen molar-refractivity contribution in [1.29, 1.82) is 0 Å². The Labute approximate surface area is 133 Å². The van der Waals surface area contributed by atoms with Crippen LogP contribution in [0.1, 0.15) is 71.6 Å². The van der Waals surface area contributed by atoms with Gasteiger partial charge in [0.25, 0.3) is 0 Å². The van der Waals surface area contributed by atoms with Crippen LogP contribution in [0.4, 0.5) is 0 Å². The number of hydrogen-bond acceptors (Lipinski definition) is 2. The lowest BCUT2D eigenvalue weighted by Crippen LogP contribution is -2.44. The zero-order valence-corrected chi connectivity index (χ0v) is 14.7. The van der Waals surface area contributed by atoms with Gasteiger partial charge in [0.15, 0.2) is 0 Å². The van der Waals surface area contributed by atoms with Crippen molar-refractivity contribution in [3.63, 3.8) is 0 Å². The first-order chi connectivity index (χ1) is 10.3. The molecule has 0 aromatic rings. The van der Waals surface area contributed by atoms with Gasteiger partial charge in [-0.25, -0.2) is 0 Å². The van der Waals surface area contributed by atoms with Gasteiger partial charge < -0.3 is 10.2 Å². The highest BCUT2D eigenvalue weighted by atomic mass is 15.1. The van der Waals surface area contributed by atoms with Crippen LogP contribution in [-0.2, 0) is 0 Å². The minimum Gasteiger partial charge on any atom is -0.317 e. The van der Waals surface area contributed by atoms with Crippen LogP contribution in [0, 0.1) is 17.8 Å². The highest BCUT2D eigenvalue weighted by molar-refractivity contribution is 4.86. The van der Waals surface area contributed by atoms with E-state index in [1.165, 1.54) is 77.4 Å². The summed E-state index contributed by atoms with van der Waals surface area (Å²) in [6.07, 6.45) is 12.8. The highest BCUT2D eigenvalue weighted by Gasteiger charge is 2.30. The molecule has 4 unspecified atom stereocenters. The third-order valence-corrected chi connectivity index (χ3v) is 6.17. The Balaban J connectivity index is 1.83. The summed E-state index contributed by atoms with van der Waals surface area (Å²) in [4.78, 5) is 2.79. The molecular formula is C19H38N2. The SMILES string of the molecule is CCCC1CCCN(CC2CC(CC)CCC2NC)CC1. The molecule has 1 aliphatic carbocycles. The molecule has 1 saturated carbocycles. The number of hydrogen-bond donors (Lipinski definition) is 1. The topological polar surface area (TPSA) is 15.3 Å². The maximum atomic E-state index is 3.61. The number of likely N-dealkylation sites (tertiary alicyclic amines) is 1. The fraction of sp³-hybridized carbons (Fsp3) is 1.00. The lowest BCUT2D eigenvalue weighted by molar-refractivity contribution is 0.143. The Hall–Kier alpha value is -0.0800. The summed E-state index contributed by atoms with van der Waals surface area (Å²) in [6, 6.07) is 0.766. The second-order valence-electron chi connectivity index (χ2n) is 7.63. The minimum absolute atomic E-state index is 0.766. The number of nitrogens with one attached hydrogen (secondary N) is 1. The summed E-state index contributed by atoms with van der Waals surface area (Å²) < 4.78 is 0. The van der Waals surface area contributed by atoms with Gasteiger partial charge in [-0.2, -0.15) is 0 Å². The van der Waals surface area contributed by atoms with Crippen molar-refractivity contribution in [3.8, 4) is 0 Å². The lowest BCUT2D eigenvalue weighted by atomic mass is 9.76. The van der Waals surface area contributed by atoms with E-state index in [1.807, 2.05) is 0 Å². The third-order valence-electron chi connectivity index (χ3n) is 6.17. The fourth-order valence-corrected chi connectivity index (χ4v) is 4.75. The molecule has 0 aromatic heterocycles. The quantitative estimate of drug-likeness (QED) is 0.785. The summed E-state index contributed by atoms with van der Waals surface area (Å²) in [5.74, 6) is 2.88. The first kappa shape index (κ1) is 17.3. The number of rotatable bonds is 6. The molecule has 1 N–H and O–H groups in total.